The van der Waals surface area contributed by atoms with E-state index in [1.165, 1.54) is 0 Å². The van der Waals surface area contributed by atoms with E-state index in [9.17, 15) is 4.79 Å². The van der Waals surface area contributed by atoms with E-state index in [2.05, 4.69) is 20.4 Å². The highest BCUT2D eigenvalue weighted by Gasteiger charge is 2.34. The average Bonchev–Trinajstić information content (AvgIpc) is 3.33. The highest BCUT2D eigenvalue weighted by Crippen LogP contribution is 2.33. The van der Waals surface area contributed by atoms with Crippen LogP contribution >= 0.6 is 11.6 Å². The highest BCUT2D eigenvalue weighted by atomic mass is 35.5. The number of hydrogen-bond acceptors (Lipinski definition) is 5. The summed E-state index contributed by atoms with van der Waals surface area (Å²) in [4.78, 5) is 23.4. The summed E-state index contributed by atoms with van der Waals surface area (Å²) < 4.78 is 5.42. The molecule has 0 bridgehead atoms. The predicted molar refractivity (Wildman–Crippen MR) is 103 cm³/mol. The van der Waals surface area contributed by atoms with E-state index < -0.39 is 0 Å². The lowest BCUT2D eigenvalue weighted by molar-refractivity contribution is 0.193. The molecule has 8 heteroatoms. The normalized spacial score (nSPS) is 17.0. The topological polar surface area (TPSA) is 84.2 Å². The number of rotatable bonds is 3. The van der Waals surface area contributed by atoms with Crippen LogP contribution in [0.25, 0.3) is 10.9 Å². The van der Waals surface area contributed by atoms with Crippen molar-refractivity contribution in [3.8, 4) is 0 Å². The van der Waals surface area contributed by atoms with E-state index in [1.54, 1.807) is 23.2 Å². The van der Waals surface area contributed by atoms with E-state index in [4.69, 9.17) is 16.1 Å². The number of nitrogens with zero attached hydrogens (tertiary/aromatic N) is 4. The molecule has 7 nitrogen and oxygen atoms in total. The van der Waals surface area contributed by atoms with Crippen molar-refractivity contribution < 1.29 is 9.32 Å². The fourth-order valence-electron chi connectivity index (χ4n) is 3.32. The van der Waals surface area contributed by atoms with Crippen LogP contribution in [0, 0.1) is 0 Å². The number of hydrogen-bond donors (Lipinski definition) is 1. The number of nitrogens with one attached hydrogen (secondary N) is 1. The summed E-state index contributed by atoms with van der Waals surface area (Å²) in [5.41, 5.74) is 1.33. The third kappa shape index (κ3) is 3.35. The van der Waals surface area contributed by atoms with Gasteiger partial charge in [-0.3, -0.25) is 4.98 Å². The van der Waals surface area contributed by atoms with Crippen molar-refractivity contribution in [2.24, 2.45) is 0 Å². The van der Waals surface area contributed by atoms with Crippen LogP contribution in [-0.2, 0) is 0 Å². The van der Waals surface area contributed by atoms with E-state index in [-0.39, 0.29) is 18.0 Å². The quantitative estimate of drug-likeness (QED) is 0.702. The Bertz CT molecular complexity index is 987. The molecule has 1 N–H and O–H groups in total. The molecule has 0 spiro atoms. The molecule has 27 heavy (non-hydrogen) atoms. The summed E-state index contributed by atoms with van der Waals surface area (Å²) >= 11 is 6.21. The lowest BCUT2D eigenvalue weighted by atomic mass is 10.2. The van der Waals surface area contributed by atoms with Crippen molar-refractivity contribution in [3.63, 3.8) is 0 Å². The summed E-state index contributed by atoms with van der Waals surface area (Å²) in [6.45, 7) is 4.65. The van der Waals surface area contributed by atoms with Crippen LogP contribution < -0.4 is 5.32 Å². The molecule has 1 aliphatic heterocycles. The number of carbonyl (C=O) groups is 1. The smallest absolute Gasteiger partial charge is 0.322 e. The third-order valence-electron chi connectivity index (χ3n) is 4.73. The summed E-state index contributed by atoms with van der Waals surface area (Å²) in [7, 11) is 0. The van der Waals surface area contributed by atoms with Crippen LogP contribution in [0.1, 0.15) is 50.4 Å². The minimum Gasteiger partial charge on any atom is -0.337 e. The second kappa shape index (κ2) is 7.15. The Hall–Kier alpha value is -2.67. The molecule has 1 saturated heterocycles. The molecular weight excluding hydrogens is 366 g/mol. The standard InChI is InChI=1S/C19H20ClN5O2/c1-11(2)17-23-18(27-24-17)15-6-4-10-25(15)19(26)22-14-8-7-13(20)16-12(14)5-3-9-21-16/h3,5,7-9,11,15H,4,6,10H2,1-2H3,(H,22,26). The number of anilines is 1. The Morgan fingerprint density at radius 1 is 1.37 bits per heavy atom. The number of halogens is 1. The summed E-state index contributed by atoms with van der Waals surface area (Å²) in [6, 6.07) is 6.83. The Morgan fingerprint density at radius 3 is 3.00 bits per heavy atom. The molecule has 4 rings (SSSR count). The molecule has 1 fully saturated rings. The minimum absolute atomic E-state index is 0.180. The first kappa shape index (κ1) is 17.7. The van der Waals surface area contributed by atoms with Gasteiger partial charge in [0.05, 0.1) is 16.2 Å². The van der Waals surface area contributed by atoms with Crippen molar-refractivity contribution >= 4 is 34.2 Å². The molecule has 2 aromatic heterocycles. The molecule has 1 unspecified atom stereocenters. The van der Waals surface area contributed by atoms with Crippen molar-refractivity contribution in [1.29, 1.82) is 0 Å². The number of pyridine rings is 1. The molecule has 0 aliphatic carbocycles. The molecule has 1 aromatic carbocycles. The molecular formula is C19H20ClN5O2. The van der Waals surface area contributed by atoms with Crippen LogP contribution in [0.2, 0.25) is 5.02 Å². The fraction of sp³-hybridized carbons (Fsp3) is 0.368. The third-order valence-corrected chi connectivity index (χ3v) is 5.04. The zero-order chi connectivity index (χ0) is 19.0. The summed E-state index contributed by atoms with van der Waals surface area (Å²) in [5, 5.41) is 8.35. The van der Waals surface area contributed by atoms with Crippen LogP contribution in [0.3, 0.4) is 0 Å². The minimum atomic E-state index is -0.207. The molecule has 3 heterocycles. The maximum atomic E-state index is 12.9. The largest absolute Gasteiger partial charge is 0.337 e. The van der Waals surface area contributed by atoms with Crippen LogP contribution in [0.4, 0.5) is 10.5 Å². The Morgan fingerprint density at radius 2 is 2.22 bits per heavy atom. The van der Waals surface area contributed by atoms with E-state index in [0.717, 1.165) is 18.2 Å². The number of likely N-dealkylation sites (tertiary alicyclic amines) is 1. The van der Waals surface area contributed by atoms with Gasteiger partial charge in [0.15, 0.2) is 5.82 Å². The molecule has 1 atom stereocenters. The predicted octanol–water partition coefficient (Wildman–Crippen LogP) is 4.76. The van der Waals surface area contributed by atoms with Gasteiger partial charge in [0.25, 0.3) is 0 Å². The van der Waals surface area contributed by atoms with Gasteiger partial charge < -0.3 is 14.7 Å². The van der Waals surface area contributed by atoms with Crippen molar-refractivity contribution in [2.45, 2.75) is 38.6 Å². The monoisotopic (exact) mass is 385 g/mol. The molecule has 1 aliphatic rings. The van der Waals surface area contributed by atoms with Crippen LogP contribution in [0.15, 0.2) is 35.0 Å². The number of carbonyl (C=O) groups excluding carboxylic acids is 1. The first-order chi connectivity index (χ1) is 13.0. The maximum Gasteiger partial charge on any atom is 0.322 e. The summed E-state index contributed by atoms with van der Waals surface area (Å²) in [6.07, 6.45) is 3.37. The Kier molecular flexibility index (Phi) is 4.70. The number of benzene rings is 1. The number of urea groups is 1. The second-order valence-corrected chi connectivity index (χ2v) is 7.33. The maximum absolute atomic E-state index is 12.9. The molecule has 2 amide bonds. The van der Waals surface area contributed by atoms with E-state index >= 15 is 0 Å². The van der Waals surface area contributed by atoms with Crippen molar-refractivity contribution in [3.05, 3.63) is 47.2 Å². The molecule has 3 aromatic rings. The number of amides is 2. The van der Waals surface area contributed by atoms with Gasteiger partial charge in [0, 0.05) is 24.0 Å². The second-order valence-electron chi connectivity index (χ2n) is 6.92. The van der Waals surface area contributed by atoms with Gasteiger partial charge >= 0.3 is 6.03 Å². The van der Waals surface area contributed by atoms with E-state index in [1.807, 2.05) is 26.0 Å². The fourth-order valence-corrected chi connectivity index (χ4v) is 3.53. The van der Waals surface area contributed by atoms with Crippen molar-refractivity contribution in [1.82, 2.24) is 20.0 Å². The lowest BCUT2D eigenvalue weighted by Gasteiger charge is -2.22. The van der Waals surface area contributed by atoms with Crippen molar-refractivity contribution in [2.75, 3.05) is 11.9 Å². The number of fused-ring (bicyclic) bond motifs is 1. The first-order valence-corrected chi connectivity index (χ1v) is 9.36. The van der Waals surface area contributed by atoms with Gasteiger partial charge in [-0.15, -0.1) is 0 Å². The zero-order valence-electron chi connectivity index (χ0n) is 15.1. The van der Waals surface area contributed by atoms with Crippen LogP contribution in [-0.4, -0.2) is 32.6 Å². The zero-order valence-corrected chi connectivity index (χ0v) is 15.9. The van der Waals surface area contributed by atoms with Gasteiger partial charge in [-0.2, -0.15) is 4.98 Å². The Labute approximate surface area is 161 Å². The lowest BCUT2D eigenvalue weighted by Crippen LogP contribution is -2.34. The Balaban J connectivity index is 1.58. The van der Waals surface area contributed by atoms with Gasteiger partial charge in [-0.1, -0.05) is 30.6 Å². The SMILES string of the molecule is CC(C)c1noc(C2CCCN2C(=O)Nc2ccc(Cl)c3ncccc23)n1. The molecule has 140 valence electrons. The molecule has 0 radical (unpaired) electrons. The van der Waals surface area contributed by atoms with Gasteiger partial charge in [-0.25, -0.2) is 4.79 Å². The molecule has 0 saturated carbocycles. The van der Waals surface area contributed by atoms with Gasteiger partial charge in [-0.05, 0) is 37.1 Å². The van der Waals surface area contributed by atoms with Gasteiger partial charge in [0.2, 0.25) is 5.89 Å². The number of aromatic nitrogens is 3. The van der Waals surface area contributed by atoms with Crippen LogP contribution in [0.5, 0.6) is 0 Å². The summed E-state index contributed by atoms with van der Waals surface area (Å²) in [5.74, 6) is 1.33. The first-order valence-electron chi connectivity index (χ1n) is 8.99. The average molecular weight is 386 g/mol. The highest BCUT2D eigenvalue weighted by molar-refractivity contribution is 6.35. The van der Waals surface area contributed by atoms with E-state index in [0.29, 0.717) is 34.5 Å². The van der Waals surface area contributed by atoms with Gasteiger partial charge in [0.1, 0.15) is 6.04 Å².